The normalized spacial score (nSPS) is 12.7. The molecule has 13 heteroatoms. The first-order valence-corrected chi connectivity index (χ1v) is 11.1. The van der Waals surface area contributed by atoms with E-state index >= 15 is 0 Å². The molecule has 34 heavy (non-hydrogen) atoms. The molecule has 0 aliphatic carbocycles. The molecule has 0 aliphatic heterocycles. The molecule has 0 saturated carbocycles. The third kappa shape index (κ3) is 5.91. The van der Waals surface area contributed by atoms with Crippen molar-refractivity contribution < 1.29 is 54.7 Å². The van der Waals surface area contributed by atoms with Crippen LogP contribution >= 0.6 is 7.80 Å². The molecule has 0 amide bonds. The molecule has 2 aromatic rings. The molecule has 0 aromatic heterocycles. The van der Waals surface area contributed by atoms with Gasteiger partial charge in [-0.25, -0.2) is 0 Å². The first-order valence-electron chi connectivity index (χ1n) is 9.44. The summed E-state index contributed by atoms with van der Waals surface area (Å²) in [6.45, 7) is 0. The van der Waals surface area contributed by atoms with E-state index in [9.17, 15) is 40.5 Å². The van der Waals surface area contributed by atoms with Crippen molar-refractivity contribution in [1.82, 2.24) is 0 Å². The Kier molecular flexibility index (Phi) is 8.41. The zero-order chi connectivity index (χ0) is 25.8. The summed E-state index contributed by atoms with van der Waals surface area (Å²) in [5.41, 5.74) is -6.39. The van der Waals surface area contributed by atoms with Crippen molar-refractivity contribution in [2.24, 2.45) is 0 Å². The molecule has 0 aliphatic rings. The summed E-state index contributed by atoms with van der Waals surface area (Å²) in [6.07, 6.45) is -12.2. The highest BCUT2D eigenvalue weighted by Gasteiger charge is 2.42. The molecule has 2 rings (SSSR count). The Hall–Kier alpha value is -3.01. The van der Waals surface area contributed by atoms with E-state index in [2.05, 4.69) is 0 Å². The Morgan fingerprint density at radius 3 is 1.68 bits per heavy atom. The van der Waals surface area contributed by atoms with Crippen molar-refractivity contribution in [3.05, 3.63) is 52.6 Å². The zero-order valence-corrected chi connectivity index (χ0v) is 19.0. The van der Waals surface area contributed by atoms with Crippen molar-refractivity contribution in [3.8, 4) is 17.2 Å². The van der Waals surface area contributed by atoms with E-state index in [1.165, 1.54) is 33.5 Å². The summed E-state index contributed by atoms with van der Waals surface area (Å²) < 4.78 is 108. The van der Waals surface area contributed by atoms with Gasteiger partial charge in [0.25, 0.3) is 0 Å². The Labute approximate surface area is 190 Å². The largest absolute Gasteiger partial charge is 0.496 e. The molecule has 0 spiro atoms. The van der Waals surface area contributed by atoms with Gasteiger partial charge in [-0.05, 0) is 12.1 Å². The van der Waals surface area contributed by atoms with E-state index in [-0.39, 0.29) is 22.8 Å². The number of alkyl halides is 6. The molecule has 0 radical (unpaired) electrons. The van der Waals surface area contributed by atoms with Gasteiger partial charge in [-0.2, -0.15) is 26.3 Å². The smallest absolute Gasteiger partial charge is 0.417 e. The molecule has 0 saturated heterocycles. The van der Waals surface area contributed by atoms with Gasteiger partial charge in [-0.15, -0.1) is 0 Å². The van der Waals surface area contributed by atoms with Crippen LogP contribution in [0.3, 0.4) is 0 Å². The number of hydrogen-bond acceptors (Lipinski definition) is 6. The molecular formula is C21H19F6O6P. The lowest BCUT2D eigenvalue weighted by molar-refractivity contribution is -0.143. The van der Waals surface area contributed by atoms with Crippen LogP contribution in [-0.4, -0.2) is 38.8 Å². The average Bonchev–Trinajstić information content (AvgIpc) is 2.78. The fourth-order valence-corrected chi connectivity index (χ4v) is 4.37. The molecule has 1 atom stereocenters. The highest BCUT2D eigenvalue weighted by molar-refractivity contribution is 7.64. The Morgan fingerprint density at radius 1 is 0.824 bits per heavy atom. The Balaban J connectivity index is 2.37. The van der Waals surface area contributed by atoms with Crippen molar-refractivity contribution in [1.29, 1.82) is 0 Å². The summed E-state index contributed by atoms with van der Waals surface area (Å²) >= 11 is 0. The molecule has 1 unspecified atom stereocenters. The number of hydrogen-bond donors (Lipinski definition) is 0. The topological polar surface area (TPSA) is 78.9 Å². The van der Waals surface area contributed by atoms with Crippen molar-refractivity contribution in [2.75, 3.05) is 27.5 Å². The fraction of sp³-hybridized carbons (Fsp3) is 0.333. The van der Waals surface area contributed by atoms with Crippen LogP contribution in [0.4, 0.5) is 26.3 Å². The minimum absolute atomic E-state index is 0.0762. The van der Waals surface area contributed by atoms with Gasteiger partial charge in [-0.1, -0.05) is 6.07 Å². The third-order valence-electron chi connectivity index (χ3n) is 4.73. The van der Waals surface area contributed by atoms with Gasteiger partial charge in [0, 0.05) is 30.3 Å². The zero-order valence-electron chi connectivity index (χ0n) is 18.0. The van der Waals surface area contributed by atoms with E-state index in [4.69, 9.17) is 14.2 Å². The number of carbonyl (C=O) groups excluding carboxylic acids is 2. The Morgan fingerprint density at radius 2 is 1.29 bits per heavy atom. The number of methoxy groups -OCH3 is 3. The molecule has 0 N–H and O–H groups in total. The number of ether oxygens (including phenoxy) is 3. The van der Waals surface area contributed by atoms with Crippen LogP contribution in [-0.2, 0) is 16.9 Å². The first-order chi connectivity index (χ1) is 15.8. The lowest BCUT2D eigenvalue weighted by atomic mass is 9.95. The molecule has 0 fully saturated rings. The minimum atomic E-state index is -5.24. The van der Waals surface area contributed by atoms with E-state index in [0.717, 1.165) is 0 Å². The number of halogens is 6. The monoisotopic (exact) mass is 512 g/mol. The van der Waals surface area contributed by atoms with Crippen LogP contribution in [0.5, 0.6) is 17.2 Å². The van der Waals surface area contributed by atoms with Crippen LogP contribution < -0.4 is 14.2 Å². The van der Waals surface area contributed by atoms with E-state index in [0.29, 0.717) is 18.2 Å². The number of rotatable bonds is 9. The molecule has 2 aromatic carbocycles. The predicted molar refractivity (Wildman–Crippen MR) is 110 cm³/mol. The first kappa shape index (κ1) is 27.2. The molecule has 186 valence electrons. The molecule has 6 nitrogen and oxygen atoms in total. The summed E-state index contributed by atoms with van der Waals surface area (Å²) in [5, 5.41) is 0. The van der Waals surface area contributed by atoms with Gasteiger partial charge in [0.05, 0.1) is 32.5 Å². The highest BCUT2D eigenvalue weighted by Crippen LogP contribution is 2.42. The van der Waals surface area contributed by atoms with Crippen LogP contribution in [0.25, 0.3) is 0 Å². The van der Waals surface area contributed by atoms with Crippen molar-refractivity contribution >= 4 is 19.1 Å². The van der Waals surface area contributed by atoms with Crippen LogP contribution in [0.1, 0.15) is 38.3 Å². The van der Waals surface area contributed by atoms with Crippen molar-refractivity contribution in [3.63, 3.8) is 0 Å². The summed E-state index contributed by atoms with van der Waals surface area (Å²) in [4.78, 5) is 25.2. The molecular weight excluding hydrogens is 493 g/mol. The van der Waals surface area contributed by atoms with Gasteiger partial charge in [0.15, 0.2) is 5.78 Å². The second-order valence-electron chi connectivity index (χ2n) is 6.81. The average molecular weight is 512 g/mol. The maximum Gasteiger partial charge on any atom is 0.417 e. The highest BCUT2D eigenvalue weighted by atomic mass is 31.1. The van der Waals surface area contributed by atoms with E-state index in [1.807, 2.05) is 0 Å². The minimum Gasteiger partial charge on any atom is -0.496 e. The van der Waals surface area contributed by atoms with Crippen LogP contribution in [0.2, 0.25) is 0 Å². The quantitative estimate of drug-likeness (QED) is 0.243. The molecule has 0 bridgehead atoms. The maximum atomic E-state index is 13.3. The van der Waals surface area contributed by atoms with Gasteiger partial charge in [0.1, 0.15) is 30.6 Å². The van der Waals surface area contributed by atoms with Crippen LogP contribution in [0.15, 0.2) is 30.3 Å². The van der Waals surface area contributed by atoms with Crippen molar-refractivity contribution in [2.45, 2.75) is 18.8 Å². The molecule has 0 heterocycles. The number of carbonyl (C=O) groups is 2. The van der Waals surface area contributed by atoms with Gasteiger partial charge in [0.2, 0.25) is 5.52 Å². The third-order valence-corrected chi connectivity index (χ3v) is 6.19. The van der Waals surface area contributed by atoms with Gasteiger partial charge >= 0.3 is 12.4 Å². The maximum absolute atomic E-state index is 13.3. The number of benzene rings is 2. The summed E-state index contributed by atoms with van der Waals surface area (Å²) in [6, 6.07) is 3.83. The predicted octanol–water partition coefficient (Wildman–Crippen LogP) is 5.72. The SMILES string of the molecule is COc1cc(OC)c(C(=O)[PH](=O)CCC(=O)c2c(C(F)(F)F)cccc2C(F)(F)F)c(OC)c1. The summed E-state index contributed by atoms with van der Waals surface area (Å²) in [7, 11) is 0.372. The second-order valence-corrected chi connectivity index (χ2v) is 8.61. The lowest BCUT2D eigenvalue weighted by Gasteiger charge is -2.18. The standard InChI is InChI=1S/C21H19F6O6P/c1-31-11-9-15(32-2)18(16(10-11)33-3)19(29)34(30)8-7-14(28)17-12(20(22,23)24)5-4-6-13(17)21(25,26)27/h4-6,9-10,34H,7-8H2,1-3H3. The fourth-order valence-electron chi connectivity index (χ4n) is 3.16. The van der Waals surface area contributed by atoms with Gasteiger partial charge < -0.3 is 18.8 Å². The number of Topliss-reactive ketones (excluding diaryl/α,β-unsaturated/α-hetero) is 1. The lowest BCUT2D eigenvalue weighted by Crippen LogP contribution is -2.20. The number of ketones is 1. The van der Waals surface area contributed by atoms with E-state index in [1.54, 1.807) is 0 Å². The Bertz CT molecular complexity index is 1050. The van der Waals surface area contributed by atoms with E-state index < -0.39 is 60.7 Å². The summed E-state index contributed by atoms with van der Waals surface area (Å²) in [5.74, 6) is -1.45. The second kappa shape index (κ2) is 10.5. The van der Waals surface area contributed by atoms with Gasteiger partial charge in [-0.3, -0.25) is 9.59 Å². The van der Waals surface area contributed by atoms with Crippen LogP contribution in [0, 0.1) is 0 Å².